The summed E-state index contributed by atoms with van der Waals surface area (Å²) in [6.07, 6.45) is 1.36. The van der Waals surface area contributed by atoms with Crippen LogP contribution in [0.3, 0.4) is 0 Å². The number of ether oxygens (including phenoxy) is 1. The Morgan fingerprint density at radius 2 is 2.00 bits per heavy atom. The number of nitrogens with zero attached hydrogens (tertiary/aromatic N) is 2. The van der Waals surface area contributed by atoms with Crippen molar-refractivity contribution >= 4 is 17.7 Å². The predicted octanol–water partition coefficient (Wildman–Crippen LogP) is 2.10. The van der Waals surface area contributed by atoms with Gasteiger partial charge in [-0.2, -0.15) is 0 Å². The molecule has 7 nitrogen and oxygen atoms in total. The number of furan rings is 1. The molecule has 0 atom stereocenters. The molecule has 0 saturated carbocycles. The van der Waals surface area contributed by atoms with E-state index in [0.29, 0.717) is 32.2 Å². The van der Waals surface area contributed by atoms with E-state index in [1.54, 1.807) is 18.2 Å². The van der Waals surface area contributed by atoms with Crippen LogP contribution in [0.2, 0.25) is 0 Å². The third-order valence-electron chi connectivity index (χ3n) is 3.70. The molecule has 1 amide bonds. The summed E-state index contributed by atoms with van der Waals surface area (Å²) in [6, 6.07) is 11.6. The maximum atomic E-state index is 11.5. The van der Waals surface area contributed by atoms with Crippen LogP contribution in [0.1, 0.15) is 11.3 Å². The van der Waals surface area contributed by atoms with Gasteiger partial charge in [-0.3, -0.25) is 9.89 Å². The van der Waals surface area contributed by atoms with E-state index >= 15 is 0 Å². The lowest BCUT2D eigenvalue weighted by Gasteiger charge is -2.14. The first-order valence-electron chi connectivity index (χ1n) is 7.76. The van der Waals surface area contributed by atoms with Crippen molar-refractivity contribution in [3.05, 3.63) is 54.0 Å². The summed E-state index contributed by atoms with van der Waals surface area (Å²) in [7, 11) is 1.72. The van der Waals surface area contributed by atoms with Gasteiger partial charge in [-0.1, -0.05) is 12.1 Å². The van der Waals surface area contributed by atoms with Crippen molar-refractivity contribution in [2.75, 3.05) is 25.1 Å². The number of aliphatic imine (C=N–C) groups is 1. The Labute approximate surface area is 140 Å². The number of benzene rings is 1. The van der Waals surface area contributed by atoms with Gasteiger partial charge in [0.15, 0.2) is 5.96 Å². The average molecular weight is 328 g/mol. The minimum Gasteiger partial charge on any atom is -0.467 e. The van der Waals surface area contributed by atoms with Gasteiger partial charge >= 0.3 is 6.09 Å². The second-order valence-corrected chi connectivity index (χ2v) is 5.29. The van der Waals surface area contributed by atoms with Crippen molar-refractivity contribution in [3.63, 3.8) is 0 Å². The van der Waals surface area contributed by atoms with Gasteiger partial charge in [-0.05, 0) is 29.8 Å². The minimum absolute atomic E-state index is 0.289. The number of rotatable bonds is 5. The molecule has 1 aromatic heterocycles. The largest absolute Gasteiger partial charge is 0.467 e. The fourth-order valence-corrected chi connectivity index (χ4v) is 2.41. The Bertz CT molecular complexity index is 695. The van der Waals surface area contributed by atoms with Crippen LogP contribution >= 0.6 is 0 Å². The summed E-state index contributed by atoms with van der Waals surface area (Å²) >= 11 is 0. The molecule has 7 heteroatoms. The van der Waals surface area contributed by atoms with Crippen molar-refractivity contribution in [1.29, 1.82) is 0 Å². The summed E-state index contributed by atoms with van der Waals surface area (Å²) < 4.78 is 10.2. The number of hydrogen-bond acceptors (Lipinski definition) is 4. The quantitative estimate of drug-likeness (QED) is 0.649. The van der Waals surface area contributed by atoms with Crippen molar-refractivity contribution in [1.82, 2.24) is 10.6 Å². The van der Waals surface area contributed by atoms with E-state index in [2.05, 4.69) is 15.6 Å². The van der Waals surface area contributed by atoms with Gasteiger partial charge in [-0.25, -0.2) is 4.79 Å². The van der Waals surface area contributed by atoms with Gasteiger partial charge in [0, 0.05) is 19.3 Å². The maximum absolute atomic E-state index is 11.5. The fourth-order valence-electron chi connectivity index (χ4n) is 2.41. The SMILES string of the molecule is CN=C(NCc1ccc(N2CCOC2=O)cc1)NCc1ccco1. The number of anilines is 1. The molecule has 2 N–H and O–H groups in total. The molecule has 2 aromatic rings. The lowest BCUT2D eigenvalue weighted by molar-refractivity contribution is 0.181. The Hall–Kier alpha value is -2.96. The van der Waals surface area contributed by atoms with Gasteiger partial charge in [-0.15, -0.1) is 0 Å². The van der Waals surface area contributed by atoms with Crippen LogP contribution in [0.25, 0.3) is 0 Å². The van der Waals surface area contributed by atoms with E-state index in [9.17, 15) is 4.79 Å². The summed E-state index contributed by atoms with van der Waals surface area (Å²) in [5.74, 6) is 1.54. The highest BCUT2D eigenvalue weighted by atomic mass is 16.6. The van der Waals surface area contributed by atoms with Crippen molar-refractivity contribution in [2.45, 2.75) is 13.1 Å². The van der Waals surface area contributed by atoms with Crippen molar-refractivity contribution < 1.29 is 13.9 Å². The summed E-state index contributed by atoms with van der Waals surface area (Å²) in [6.45, 7) is 2.24. The molecule has 0 spiro atoms. The molecule has 126 valence electrons. The first-order valence-corrected chi connectivity index (χ1v) is 7.76. The number of carbonyl (C=O) groups excluding carboxylic acids is 1. The van der Waals surface area contributed by atoms with E-state index < -0.39 is 0 Å². The van der Waals surface area contributed by atoms with E-state index in [1.165, 1.54) is 0 Å². The van der Waals surface area contributed by atoms with Crippen LogP contribution in [-0.4, -0.2) is 32.3 Å². The van der Waals surface area contributed by atoms with E-state index in [-0.39, 0.29) is 6.09 Å². The number of cyclic esters (lactones) is 1. The minimum atomic E-state index is -0.289. The molecule has 1 fully saturated rings. The summed E-state index contributed by atoms with van der Waals surface area (Å²) in [5, 5.41) is 6.42. The van der Waals surface area contributed by atoms with Crippen LogP contribution in [0.5, 0.6) is 0 Å². The highest BCUT2D eigenvalue weighted by Gasteiger charge is 2.23. The molecule has 2 heterocycles. The molecule has 3 rings (SSSR count). The van der Waals surface area contributed by atoms with E-state index in [4.69, 9.17) is 9.15 Å². The highest BCUT2D eigenvalue weighted by molar-refractivity contribution is 5.89. The lowest BCUT2D eigenvalue weighted by atomic mass is 10.2. The molecular weight excluding hydrogens is 308 g/mol. The first-order chi connectivity index (χ1) is 11.8. The van der Waals surface area contributed by atoms with Crippen LogP contribution in [0.15, 0.2) is 52.1 Å². The van der Waals surface area contributed by atoms with E-state index in [1.807, 2.05) is 36.4 Å². The second-order valence-electron chi connectivity index (χ2n) is 5.29. The summed E-state index contributed by atoms with van der Waals surface area (Å²) in [4.78, 5) is 17.3. The van der Waals surface area contributed by atoms with Crippen LogP contribution < -0.4 is 15.5 Å². The second kappa shape index (κ2) is 7.54. The van der Waals surface area contributed by atoms with Gasteiger partial charge < -0.3 is 19.8 Å². The zero-order valence-corrected chi connectivity index (χ0v) is 13.5. The fraction of sp³-hybridized carbons (Fsp3) is 0.294. The lowest BCUT2D eigenvalue weighted by Crippen LogP contribution is -2.36. The van der Waals surface area contributed by atoms with Gasteiger partial charge in [0.1, 0.15) is 12.4 Å². The molecule has 1 aromatic carbocycles. The standard InChI is InChI=1S/C17H20N4O3/c1-18-16(20-12-15-3-2-9-23-15)19-11-13-4-6-14(7-5-13)21-8-10-24-17(21)22/h2-7,9H,8,10-12H2,1H3,(H2,18,19,20). The molecule has 24 heavy (non-hydrogen) atoms. The highest BCUT2D eigenvalue weighted by Crippen LogP contribution is 2.19. The van der Waals surface area contributed by atoms with Gasteiger partial charge in [0.2, 0.25) is 0 Å². The number of nitrogens with one attached hydrogen (secondary N) is 2. The molecule has 0 aliphatic carbocycles. The van der Waals surface area contributed by atoms with Crippen molar-refractivity contribution in [3.8, 4) is 0 Å². The van der Waals surface area contributed by atoms with Gasteiger partial charge in [0.05, 0.1) is 19.4 Å². The zero-order chi connectivity index (χ0) is 16.8. The molecule has 1 aliphatic rings. The Morgan fingerprint density at radius 3 is 2.62 bits per heavy atom. The van der Waals surface area contributed by atoms with E-state index in [0.717, 1.165) is 17.0 Å². The Morgan fingerprint density at radius 1 is 1.21 bits per heavy atom. The number of amides is 1. The molecule has 1 saturated heterocycles. The number of guanidine groups is 1. The molecular formula is C17H20N4O3. The topological polar surface area (TPSA) is 79.1 Å². The monoisotopic (exact) mass is 328 g/mol. The predicted molar refractivity (Wildman–Crippen MR) is 90.9 cm³/mol. The maximum Gasteiger partial charge on any atom is 0.414 e. The number of hydrogen-bond donors (Lipinski definition) is 2. The van der Waals surface area contributed by atoms with Gasteiger partial charge in [0.25, 0.3) is 0 Å². The average Bonchev–Trinajstić information content (AvgIpc) is 3.27. The third-order valence-corrected chi connectivity index (χ3v) is 3.70. The molecule has 1 aliphatic heterocycles. The van der Waals surface area contributed by atoms with Crippen molar-refractivity contribution in [2.24, 2.45) is 4.99 Å². The zero-order valence-electron chi connectivity index (χ0n) is 13.5. The van der Waals surface area contributed by atoms with Crippen LogP contribution in [0, 0.1) is 0 Å². The van der Waals surface area contributed by atoms with Crippen LogP contribution in [-0.2, 0) is 17.8 Å². The first kappa shape index (κ1) is 15.9. The molecule has 0 bridgehead atoms. The Kier molecular flexibility index (Phi) is 5.00. The Balaban J connectivity index is 1.51. The molecule has 0 unspecified atom stereocenters. The normalized spacial score (nSPS) is 14.6. The van der Waals surface area contributed by atoms with Crippen LogP contribution in [0.4, 0.5) is 10.5 Å². The third kappa shape index (κ3) is 3.87. The molecule has 0 radical (unpaired) electrons. The summed E-state index contributed by atoms with van der Waals surface area (Å²) in [5.41, 5.74) is 1.94. The smallest absolute Gasteiger partial charge is 0.414 e. The number of carbonyl (C=O) groups is 1.